The van der Waals surface area contributed by atoms with Crippen LogP contribution in [0.15, 0.2) is 18.2 Å². The maximum Gasteiger partial charge on any atom is -0.0198 e. The van der Waals surface area contributed by atoms with Gasteiger partial charge in [-0.15, -0.1) is 0 Å². The largest absolute Gasteiger partial charge is 0.0764 e. The van der Waals surface area contributed by atoms with Gasteiger partial charge in [0.05, 0.1) is 0 Å². The van der Waals surface area contributed by atoms with Gasteiger partial charge >= 0.3 is 0 Å². The van der Waals surface area contributed by atoms with Crippen LogP contribution < -0.4 is 10.4 Å². The van der Waals surface area contributed by atoms with Crippen LogP contribution in [0.2, 0.25) is 0 Å². The average Bonchev–Trinajstić information content (AvgIpc) is 2.45. The standard InChI is InChI=1S/C13H16.C2H6/c1-10-6-8-12-5-3-4-11(2)13(12)9-7-10;1-2/h3-5,8-10H,6-7H2,1-2H3;1-2H3. The summed E-state index contributed by atoms with van der Waals surface area (Å²) in [6.07, 6.45) is 7.19. The van der Waals surface area contributed by atoms with Gasteiger partial charge in [0, 0.05) is 0 Å². The van der Waals surface area contributed by atoms with Gasteiger partial charge in [-0.2, -0.15) is 0 Å². The van der Waals surface area contributed by atoms with Crippen LogP contribution >= 0.6 is 0 Å². The quantitative estimate of drug-likeness (QED) is 0.606. The monoisotopic (exact) mass is 202 g/mol. The lowest BCUT2D eigenvalue weighted by Crippen LogP contribution is -2.25. The summed E-state index contributed by atoms with van der Waals surface area (Å²) in [4.78, 5) is 0. The molecule has 0 radical (unpaired) electrons. The molecule has 0 saturated heterocycles. The Morgan fingerprint density at radius 1 is 1.07 bits per heavy atom. The molecule has 0 aliphatic heterocycles. The lowest BCUT2D eigenvalue weighted by Gasteiger charge is -2.00. The SMILES string of the molecule is CC.Cc1cccc2c1=CCC(C)CC=2. The minimum absolute atomic E-state index is 0.798. The van der Waals surface area contributed by atoms with Gasteiger partial charge in [-0.3, -0.25) is 0 Å². The zero-order valence-corrected chi connectivity index (χ0v) is 10.4. The second kappa shape index (κ2) is 5.75. The van der Waals surface area contributed by atoms with E-state index in [0.29, 0.717) is 0 Å². The zero-order chi connectivity index (χ0) is 11.3. The summed E-state index contributed by atoms with van der Waals surface area (Å²) < 4.78 is 0. The first-order chi connectivity index (χ1) is 7.27. The van der Waals surface area contributed by atoms with E-state index in [4.69, 9.17) is 0 Å². The molecule has 2 rings (SSSR count). The molecule has 0 N–H and O–H groups in total. The van der Waals surface area contributed by atoms with Crippen LogP contribution in [-0.4, -0.2) is 0 Å². The van der Waals surface area contributed by atoms with Crippen molar-refractivity contribution in [3.63, 3.8) is 0 Å². The maximum absolute atomic E-state index is 2.39. The van der Waals surface area contributed by atoms with Crippen molar-refractivity contribution in [2.24, 2.45) is 5.92 Å². The first kappa shape index (κ1) is 12.0. The summed E-state index contributed by atoms with van der Waals surface area (Å²) in [5.41, 5.74) is 1.41. The average molecular weight is 202 g/mol. The van der Waals surface area contributed by atoms with Gasteiger partial charge in [-0.1, -0.05) is 51.1 Å². The van der Waals surface area contributed by atoms with Crippen molar-refractivity contribution in [3.8, 4) is 0 Å². The first-order valence-corrected chi connectivity index (χ1v) is 6.03. The van der Waals surface area contributed by atoms with E-state index in [2.05, 4.69) is 44.2 Å². The summed E-state index contributed by atoms with van der Waals surface area (Å²) in [5, 5.41) is 2.87. The predicted octanol–water partition coefficient (Wildman–Crippen LogP) is 3.01. The van der Waals surface area contributed by atoms with E-state index < -0.39 is 0 Å². The van der Waals surface area contributed by atoms with Crippen molar-refractivity contribution in [2.45, 2.75) is 40.5 Å². The smallest absolute Gasteiger partial charge is 0.0198 e. The van der Waals surface area contributed by atoms with Gasteiger partial charge in [0.1, 0.15) is 0 Å². The van der Waals surface area contributed by atoms with Gasteiger partial charge in [0.25, 0.3) is 0 Å². The van der Waals surface area contributed by atoms with Crippen LogP contribution in [0.1, 0.15) is 39.2 Å². The Balaban J connectivity index is 0.000000531. The molecule has 0 heteroatoms. The molecule has 0 bridgehead atoms. The number of aryl methyl sites for hydroxylation is 1. The first-order valence-electron chi connectivity index (χ1n) is 6.03. The second-order valence-electron chi connectivity index (χ2n) is 4.06. The molecule has 0 amide bonds. The van der Waals surface area contributed by atoms with Gasteiger partial charge in [-0.05, 0) is 41.7 Å². The fraction of sp³-hybridized carbons (Fsp3) is 0.467. The lowest BCUT2D eigenvalue weighted by molar-refractivity contribution is 0.636. The Morgan fingerprint density at radius 2 is 1.73 bits per heavy atom. The van der Waals surface area contributed by atoms with Crippen LogP contribution in [-0.2, 0) is 0 Å². The Hall–Kier alpha value is -1.04. The minimum Gasteiger partial charge on any atom is -0.0764 e. The highest BCUT2D eigenvalue weighted by atomic mass is 14.1. The summed E-state index contributed by atoms with van der Waals surface area (Å²) in [6.45, 7) is 8.51. The molecule has 0 heterocycles. The highest BCUT2D eigenvalue weighted by molar-refractivity contribution is 5.38. The van der Waals surface area contributed by atoms with Crippen molar-refractivity contribution in [3.05, 3.63) is 34.2 Å². The van der Waals surface area contributed by atoms with E-state index >= 15 is 0 Å². The topological polar surface area (TPSA) is 0 Å². The minimum atomic E-state index is 0.798. The molecule has 1 aliphatic carbocycles. The molecule has 82 valence electrons. The van der Waals surface area contributed by atoms with E-state index in [1.165, 1.54) is 28.8 Å². The molecular weight excluding hydrogens is 180 g/mol. The summed E-state index contributed by atoms with van der Waals surface area (Å²) in [5.74, 6) is 0.798. The second-order valence-corrected chi connectivity index (χ2v) is 4.06. The molecular formula is C15H22. The molecule has 0 fully saturated rings. The third kappa shape index (κ3) is 2.95. The van der Waals surface area contributed by atoms with Crippen LogP contribution in [0.3, 0.4) is 0 Å². The molecule has 0 saturated carbocycles. The van der Waals surface area contributed by atoms with Crippen LogP contribution in [0.25, 0.3) is 12.2 Å². The predicted molar refractivity (Wildman–Crippen MR) is 69.1 cm³/mol. The number of benzene rings is 1. The third-order valence-corrected chi connectivity index (χ3v) is 2.82. The van der Waals surface area contributed by atoms with E-state index in [0.717, 1.165) is 5.92 Å². The molecule has 15 heavy (non-hydrogen) atoms. The summed E-state index contributed by atoms with van der Waals surface area (Å²) >= 11 is 0. The van der Waals surface area contributed by atoms with Crippen molar-refractivity contribution in [2.75, 3.05) is 0 Å². The number of hydrogen-bond acceptors (Lipinski definition) is 0. The Labute approximate surface area is 93.3 Å². The Kier molecular flexibility index (Phi) is 4.61. The van der Waals surface area contributed by atoms with E-state index in [-0.39, 0.29) is 0 Å². The highest BCUT2D eigenvalue weighted by Gasteiger charge is 2.01. The maximum atomic E-state index is 2.39. The van der Waals surface area contributed by atoms with E-state index in [1.807, 2.05) is 13.8 Å². The normalized spacial score (nSPS) is 18.5. The van der Waals surface area contributed by atoms with Crippen LogP contribution in [0.5, 0.6) is 0 Å². The molecule has 0 spiro atoms. The van der Waals surface area contributed by atoms with E-state index in [1.54, 1.807) is 0 Å². The highest BCUT2D eigenvalue weighted by Crippen LogP contribution is 2.10. The van der Waals surface area contributed by atoms with Crippen molar-refractivity contribution < 1.29 is 0 Å². The summed E-state index contributed by atoms with van der Waals surface area (Å²) in [7, 11) is 0. The van der Waals surface area contributed by atoms with E-state index in [9.17, 15) is 0 Å². The Bertz CT molecular complexity index is 412. The number of rotatable bonds is 0. The third-order valence-electron chi connectivity index (χ3n) is 2.82. The van der Waals surface area contributed by atoms with Gasteiger partial charge < -0.3 is 0 Å². The van der Waals surface area contributed by atoms with Crippen molar-refractivity contribution in [1.29, 1.82) is 0 Å². The van der Waals surface area contributed by atoms with Crippen LogP contribution in [0.4, 0.5) is 0 Å². The fourth-order valence-electron chi connectivity index (χ4n) is 1.90. The molecule has 1 aromatic carbocycles. The summed E-state index contributed by atoms with van der Waals surface area (Å²) in [6, 6.07) is 6.56. The molecule has 0 aromatic heterocycles. The van der Waals surface area contributed by atoms with Crippen molar-refractivity contribution in [1.82, 2.24) is 0 Å². The zero-order valence-electron chi connectivity index (χ0n) is 10.4. The number of hydrogen-bond donors (Lipinski definition) is 0. The lowest BCUT2D eigenvalue weighted by atomic mass is 10.1. The van der Waals surface area contributed by atoms with Gasteiger partial charge in [0.2, 0.25) is 0 Å². The molecule has 1 unspecified atom stereocenters. The Morgan fingerprint density at radius 3 is 2.47 bits per heavy atom. The molecule has 1 aromatic rings. The van der Waals surface area contributed by atoms with Gasteiger partial charge in [-0.25, -0.2) is 0 Å². The van der Waals surface area contributed by atoms with Crippen molar-refractivity contribution >= 4 is 12.2 Å². The van der Waals surface area contributed by atoms with Gasteiger partial charge in [0.15, 0.2) is 0 Å². The fourth-order valence-corrected chi connectivity index (χ4v) is 1.90. The molecule has 1 aliphatic rings. The molecule has 1 atom stereocenters. The number of fused-ring (bicyclic) bond motifs is 1. The van der Waals surface area contributed by atoms with Crippen LogP contribution in [0, 0.1) is 12.8 Å². The molecule has 0 nitrogen and oxygen atoms in total.